The lowest BCUT2D eigenvalue weighted by molar-refractivity contribution is -0.123. The molecule has 18 heavy (non-hydrogen) atoms. The summed E-state index contributed by atoms with van der Waals surface area (Å²) < 4.78 is 0. The molecular formula is C13H23N3OS. The van der Waals surface area contributed by atoms with E-state index in [1.807, 2.05) is 26.2 Å². The second-order valence-electron chi connectivity index (χ2n) is 5.47. The first-order valence-electron chi connectivity index (χ1n) is 6.28. The molecule has 0 aliphatic rings. The Morgan fingerprint density at radius 2 is 2.11 bits per heavy atom. The van der Waals surface area contributed by atoms with Crippen molar-refractivity contribution in [1.82, 2.24) is 15.6 Å². The van der Waals surface area contributed by atoms with E-state index in [-0.39, 0.29) is 17.5 Å². The molecule has 1 aromatic heterocycles. The van der Waals surface area contributed by atoms with Crippen molar-refractivity contribution in [3.05, 3.63) is 16.6 Å². The molecule has 0 spiro atoms. The van der Waals surface area contributed by atoms with Crippen LogP contribution >= 0.6 is 11.3 Å². The van der Waals surface area contributed by atoms with Gasteiger partial charge in [0, 0.05) is 18.1 Å². The summed E-state index contributed by atoms with van der Waals surface area (Å²) in [4.78, 5) is 16.2. The van der Waals surface area contributed by atoms with Gasteiger partial charge in [0.2, 0.25) is 5.91 Å². The molecule has 0 fully saturated rings. The molecule has 1 heterocycles. The number of carbonyl (C=O) groups is 1. The molecule has 4 nitrogen and oxygen atoms in total. The molecular weight excluding hydrogens is 246 g/mol. The number of rotatable bonds is 6. The van der Waals surface area contributed by atoms with Gasteiger partial charge in [-0.2, -0.15) is 0 Å². The minimum Gasteiger partial charge on any atom is -0.354 e. The highest BCUT2D eigenvalue weighted by atomic mass is 32.1. The van der Waals surface area contributed by atoms with Crippen molar-refractivity contribution in [2.75, 3.05) is 6.54 Å². The van der Waals surface area contributed by atoms with Crippen LogP contribution in [0.15, 0.2) is 11.6 Å². The monoisotopic (exact) mass is 269 g/mol. The van der Waals surface area contributed by atoms with Crippen molar-refractivity contribution in [3.63, 3.8) is 0 Å². The van der Waals surface area contributed by atoms with E-state index >= 15 is 0 Å². The highest BCUT2D eigenvalue weighted by Crippen LogP contribution is 2.22. The van der Waals surface area contributed by atoms with Crippen LogP contribution in [-0.2, 0) is 10.3 Å². The highest BCUT2D eigenvalue weighted by Gasteiger charge is 2.27. The number of hydrogen-bond acceptors (Lipinski definition) is 4. The van der Waals surface area contributed by atoms with Gasteiger partial charge in [0.15, 0.2) is 0 Å². The van der Waals surface area contributed by atoms with Gasteiger partial charge in [0.25, 0.3) is 0 Å². The summed E-state index contributed by atoms with van der Waals surface area (Å²) in [5.41, 5.74) is -0.289. The van der Waals surface area contributed by atoms with Crippen LogP contribution in [0, 0.1) is 5.92 Å². The third-order valence-corrected chi connectivity index (χ3v) is 3.72. The zero-order valence-electron chi connectivity index (χ0n) is 11.8. The zero-order chi connectivity index (χ0) is 13.8. The third-order valence-electron chi connectivity index (χ3n) is 2.62. The van der Waals surface area contributed by atoms with Gasteiger partial charge in [-0.1, -0.05) is 13.8 Å². The summed E-state index contributed by atoms with van der Waals surface area (Å²) in [5, 5.41) is 9.19. The lowest BCUT2D eigenvalue weighted by atomic mass is 10.1. The Bertz CT molecular complexity index is 374. The van der Waals surface area contributed by atoms with Gasteiger partial charge in [0.1, 0.15) is 5.01 Å². The van der Waals surface area contributed by atoms with Gasteiger partial charge in [-0.25, -0.2) is 4.98 Å². The van der Waals surface area contributed by atoms with Gasteiger partial charge in [-0.3, -0.25) is 10.1 Å². The van der Waals surface area contributed by atoms with Gasteiger partial charge in [-0.05, 0) is 26.7 Å². The van der Waals surface area contributed by atoms with Crippen LogP contribution in [0.2, 0.25) is 0 Å². The predicted molar refractivity (Wildman–Crippen MR) is 75.6 cm³/mol. The molecule has 0 radical (unpaired) electrons. The molecule has 2 N–H and O–H groups in total. The summed E-state index contributed by atoms with van der Waals surface area (Å²) in [5.74, 6) is 0.501. The van der Waals surface area contributed by atoms with Crippen LogP contribution in [0.4, 0.5) is 0 Å². The first-order chi connectivity index (χ1) is 8.33. The van der Waals surface area contributed by atoms with Crippen molar-refractivity contribution in [2.24, 2.45) is 5.92 Å². The Hall–Kier alpha value is -0.940. The summed E-state index contributed by atoms with van der Waals surface area (Å²) >= 11 is 1.60. The molecule has 0 aromatic carbocycles. The van der Waals surface area contributed by atoms with E-state index < -0.39 is 0 Å². The fourth-order valence-corrected chi connectivity index (χ4v) is 2.38. The maximum Gasteiger partial charge on any atom is 0.236 e. The predicted octanol–water partition coefficient (Wildman–Crippen LogP) is 2.13. The van der Waals surface area contributed by atoms with Crippen molar-refractivity contribution in [1.29, 1.82) is 0 Å². The molecule has 1 aromatic rings. The molecule has 102 valence electrons. The van der Waals surface area contributed by atoms with Crippen LogP contribution in [0.5, 0.6) is 0 Å². The Labute approximate surface area is 113 Å². The normalized spacial score (nSPS) is 13.7. The maximum atomic E-state index is 11.9. The van der Waals surface area contributed by atoms with Crippen molar-refractivity contribution < 1.29 is 4.79 Å². The van der Waals surface area contributed by atoms with Gasteiger partial charge >= 0.3 is 0 Å². The molecule has 0 bridgehead atoms. The van der Waals surface area contributed by atoms with Gasteiger partial charge in [-0.15, -0.1) is 11.3 Å². The largest absolute Gasteiger partial charge is 0.354 e. The number of nitrogens with zero attached hydrogens (tertiary/aromatic N) is 1. The number of hydrogen-bond donors (Lipinski definition) is 2. The fourth-order valence-electron chi connectivity index (χ4n) is 1.66. The van der Waals surface area contributed by atoms with E-state index in [0.717, 1.165) is 5.01 Å². The smallest absolute Gasteiger partial charge is 0.236 e. The SMILES string of the molecule is CC(C)CNC(=O)C(C)NC(C)(C)c1nccs1. The summed E-state index contributed by atoms with van der Waals surface area (Å²) in [6.07, 6.45) is 1.78. The third kappa shape index (κ3) is 4.38. The lowest BCUT2D eigenvalue weighted by Crippen LogP contribution is -2.50. The van der Waals surface area contributed by atoms with Gasteiger partial charge in [0.05, 0.1) is 11.6 Å². The average Bonchev–Trinajstić information content (AvgIpc) is 2.79. The fraction of sp³-hybridized carbons (Fsp3) is 0.692. The van der Waals surface area contributed by atoms with Crippen molar-refractivity contribution in [3.8, 4) is 0 Å². The molecule has 0 saturated heterocycles. The van der Waals surface area contributed by atoms with E-state index in [4.69, 9.17) is 0 Å². The van der Waals surface area contributed by atoms with E-state index in [1.54, 1.807) is 17.5 Å². The number of carbonyl (C=O) groups excluding carboxylic acids is 1. The molecule has 1 amide bonds. The Kier molecular flexibility index (Phi) is 5.28. The average molecular weight is 269 g/mol. The van der Waals surface area contributed by atoms with Crippen LogP contribution in [0.1, 0.15) is 39.6 Å². The molecule has 0 aliphatic carbocycles. The van der Waals surface area contributed by atoms with E-state index in [2.05, 4.69) is 29.5 Å². The molecule has 0 aliphatic heterocycles. The Morgan fingerprint density at radius 1 is 1.44 bits per heavy atom. The summed E-state index contributed by atoms with van der Waals surface area (Å²) in [6.45, 7) is 10.8. The first-order valence-corrected chi connectivity index (χ1v) is 7.16. The number of nitrogens with one attached hydrogen (secondary N) is 2. The van der Waals surface area contributed by atoms with Crippen molar-refractivity contribution >= 4 is 17.2 Å². The molecule has 1 atom stereocenters. The molecule has 0 saturated carbocycles. The second kappa shape index (κ2) is 6.29. The zero-order valence-corrected chi connectivity index (χ0v) is 12.6. The Morgan fingerprint density at radius 3 is 2.61 bits per heavy atom. The van der Waals surface area contributed by atoms with E-state index in [1.165, 1.54) is 0 Å². The topological polar surface area (TPSA) is 54.0 Å². The molecule has 1 rings (SSSR count). The van der Waals surface area contributed by atoms with E-state index in [0.29, 0.717) is 12.5 Å². The minimum atomic E-state index is -0.289. The molecule has 5 heteroatoms. The van der Waals surface area contributed by atoms with Gasteiger partial charge < -0.3 is 5.32 Å². The number of amides is 1. The van der Waals surface area contributed by atoms with Crippen molar-refractivity contribution in [2.45, 2.75) is 46.2 Å². The number of aromatic nitrogens is 1. The standard InChI is InChI=1S/C13H23N3OS/c1-9(2)8-15-11(17)10(3)16-13(4,5)12-14-6-7-18-12/h6-7,9-10,16H,8H2,1-5H3,(H,15,17). The second-order valence-corrected chi connectivity index (χ2v) is 6.36. The van der Waals surface area contributed by atoms with E-state index in [9.17, 15) is 4.79 Å². The summed E-state index contributed by atoms with van der Waals surface area (Å²) in [6, 6.07) is -0.234. The van der Waals surface area contributed by atoms with Crippen LogP contribution in [0.3, 0.4) is 0 Å². The molecule has 1 unspecified atom stereocenters. The van der Waals surface area contributed by atoms with Crippen LogP contribution in [0.25, 0.3) is 0 Å². The van der Waals surface area contributed by atoms with Crippen LogP contribution in [-0.4, -0.2) is 23.5 Å². The highest BCUT2D eigenvalue weighted by molar-refractivity contribution is 7.09. The lowest BCUT2D eigenvalue weighted by Gasteiger charge is -2.28. The maximum absolute atomic E-state index is 11.9. The quantitative estimate of drug-likeness (QED) is 0.832. The summed E-state index contributed by atoms with van der Waals surface area (Å²) in [7, 11) is 0. The Balaban J connectivity index is 2.53. The minimum absolute atomic E-state index is 0.0355. The number of thiazole rings is 1. The first kappa shape index (κ1) is 15.1. The van der Waals surface area contributed by atoms with Crippen LogP contribution < -0.4 is 10.6 Å².